The fraction of sp³-hybridized carbons (Fsp3) is 0.577. The molecule has 2 saturated heterocycles. The highest BCUT2D eigenvalue weighted by Gasteiger charge is 2.24. The van der Waals surface area contributed by atoms with Crippen LogP contribution in [-0.4, -0.2) is 90.6 Å². The van der Waals surface area contributed by atoms with Crippen LogP contribution in [-0.2, 0) is 22.6 Å². The summed E-state index contributed by atoms with van der Waals surface area (Å²) in [5, 5.41) is 6.97. The maximum Gasteiger partial charge on any atom is 0.227 e. The molecule has 0 aliphatic carbocycles. The standard InChI is InChI=1S/C26H37N5O4/c1-19-24(20(2)35-28-19)16-26(33)31-11-9-30(10-12-31)13-14-34-23-6-4-5-21(15-23)17-29(3)18-22-7-8-25(32)27-22/h4-6,15,22H,7-14,16-18H2,1-3H3,(H,27,32)/t22-/m0/s1. The molecule has 1 aromatic heterocycles. The average Bonchev–Trinajstić information content (AvgIpc) is 3.39. The van der Waals surface area contributed by atoms with Crippen molar-refractivity contribution in [2.75, 3.05) is 52.9 Å². The van der Waals surface area contributed by atoms with Crippen LogP contribution in [0.5, 0.6) is 5.75 Å². The molecule has 2 aliphatic rings. The van der Waals surface area contributed by atoms with Crippen molar-refractivity contribution >= 4 is 11.8 Å². The Morgan fingerprint density at radius 3 is 2.74 bits per heavy atom. The normalized spacial score (nSPS) is 18.8. The van der Waals surface area contributed by atoms with Crippen LogP contribution >= 0.6 is 0 Å². The van der Waals surface area contributed by atoms with E-state index < -0.39 is 0 Å². The van der Waals surface area contributed by atoms with Crippen molar-refractivity contribution in [3.8, 4) is 5.75 Å². The number of nitrogens with zero attached hydrogens (tertiary/aromatic N) is 4. The molecule has 0 bridgehead atoms. The highest BCUT2D eigenvalue weighted by molar-refractivity contribution is 5.79. The third-order valence-electron chi connectivity index (χ3n) is 6.88. The Morgan fingerprint density at radius 2 is 2.06 bits per heavy atom. The molecule has 1 atom stereocenters. The van der Waals surface area contributed by atoms with Crippen LogP contribution in [0.1, 0.15) is 35.4 Å². The Morgan fingerprint density at radius 1 is 1.26 bits per heavy atom. The van der Waals surface area contributed by atoms with Crippen molar-refractivity contribution < 1.29 is 18.8 Å². The second-order valence-electron chi connectivity index (χ2n) is 9.70. The van der Waals surface area contributed by atoms with Crippen LogP contribution < -0.4 is 10.1 Å². The van der Waals surface area contributed by atoms with E-state index >= 15 is 0 Å². The summed E-state index contributed by atoms with van der Waals surface area (Å²) in [6.07, 6.45) is 1.90. The number of carbonyl (C=O) groups is 2. The lowest BCUT2D eigenvalue weighted by atomic mass is 10.1. The summed E-state index contributed by atoms with van der Waals surface area (Å²) in [4.78, 5) is 30.6. The number of piperazine rings is 1. The largest absolute Gasteiger partial charge is 0.492 e. The number of nitrogens with one attached hydrogen (secondary N) is 1. The SMILES string of the molecule is Cc1noc(C)c1CC(=O)N1CCN(CCOc2cccc(CN(C)C[C@@H]3CCC(=O)N3)c2)CC1. The summed E-state index contributed by atoms with van der Waals surface area (Å²) in [5.41, 5.74) is 2.90. The Kier molecular flexibility index (Phi) is 8.41. The Hall–Kier alpha value is -2.91. The van der Waals surface area contributed by atoms with Crippen LogP contribution in [0.4, 0.5) is 0 Å². The minimum atomic E-state index is 0.132. The zero-order chi connectivity index (χ0) is 24.8. The molecule has 1 N–H and O–H groups in total. The van der Waals surface area contributed by atoms with Crippen LogP contribution in [0.3, 0.4) is 0 Å². The summed E-state index contributed by atoms with van der Waals surface area (Å²) in [7, 11) is 2.08. The zero-order valence-electron chi connectivity index (χ0n) is 21.1. The topological polar surface area (TPSA) is 91.2 Å². The second kappa shape index (κ2) is 11.7. The minimum absolute atomic E-state index is 0.132. The third-order valence-corrected chi connectivity index (χ3v) is 6.88. The van der Waals surface area contributed by atoms with Gasteiger partial charge in [0.15, 0.2) is 0 Å². The third kappa shape index (κ3) is 7.05. The number of rotatable bonds is 10. The number of benzene rings is 1. The molecular weight excluding hydrogens is 446 g/mol. The lowest BCUT2D eigenvalue weighted by molar-refractivity contribution is -0.132. The molecule has 0 radical (unpaired) electrons. The smallest absolute Gasteiger partial charge is 0.227 e. The van der Waals surface area contributed by atoms with Crippen molar-refractivity contribution in [3.63, 3.8) is 0 Å². The van der Waals surface area contributed by atoms with Gasteiger partial charge in [0.2, 0.25) is 11.8 Å². The lowest BCUT2D eigenvalue weighted by Gasteiger charge is -2.34. The Bertz CT molecular complexity index is 995. The molecular formula is C26H37N5O4. The molecule has 0 saturated carbocycles. The number of ether oxygens (including phenoxy) is 1. The molecule has 9 heteroatoms. The molecule has 2 amide bonds. The molecule has 2 aliphatic heterocycles. The van der Waals surface area contributed by atoms with Gasteiger partial charge in [0, 0.05) is 63.8 Å². The lowest BCUT2D eigenvalue weighted by Crippen LogP contribution is -2.50. The summed E-state index contributed by atoms with van der Waals surface area (Å²) in [6, 6.07) is 8.47. The van der Waals surface area contributed by atoms with Crippen LogP contribution in [0.2, 0.25) is 0 Å². The molecule has 190 valence electrons. The zero-order valence-corrected chi connectivity index (χ0v) is 21.1. The molecule has 35 heavy (non-hydrogen) atoms. The van der Waals surface area contributed by atoms with E-state index in [-0.39, 0.29) is 17.9 Å². The summed E-state index contributed by atoms with van der Waals surface area (Å²) in [6.45, 7) is 9.98. The Balaban J connectivity index is 1.15. The monoisotopic (exact) mass is 483 g/mol. The molecule has 0 spiro atoms. The van der Waals surface area contributed by atoms with Crippen molar-refractivity contribution in [1.82, 2.24) is 25.2 Å². The summed E-state index contributed by atoms with van der Waals surface area (Å²) in [5.74, 6) is 1.89. The van der Waals surface area contributed by atoms with E-state index in [4.69, 9.17) is 9.26 Å². The van der Waals surface area contributed by atoms with E-state index in [0.29, 0.717) is 19.4 Å². The van der Waals surface area contributed by atoms with Gasteiger partial charge in [-0.3, -0.25) is 14.5 Å². The molecule has 2 aromatic rings. The number of carbonyl (C=O) groups excluding carboxylic acids is 2. The first kappa shape index (κ1) is 25.2. The molecule has 4 rings (SSSR count). The predicted octanol–water partition coefficient (Wildman–Crippen LogP) is 1.77. The number of aromatic nitrogens is 1. The van der Waals surface area contributed by atoms with Gasteiger partial charge in [-0.2, -0.15) is 0 Å². The number of amides is 2. The first-order valence-electron chi connectivity index (χ1n) is 12.5. The van der Waals surface area contributed by atoms with Gasteiger partial charge in [-0.25, -0.2) is 0 Å². The maximum absolute atomic E-state index is 12.7. The van der Waals surface area contributed by atoms with Gasteiger partial charge in [-0.15, -0.1) is 0 Å². The van der Waals surface area contributed by atoms with E-state index in [1.54, 1.807) is 0 Å². The van der Waals surface area contributed by atoms with E-state index in [0.717, 1.165) is 75.0 Å². The molecule has 0 unspecified atom stereocenters. The summed E-state index contributed by atoms with van der Waals surface area (Å²) < 4.78 is 11.2. The van der Waals surface area contributed by atoms with Gasteiger partial charge in [0.1, 0.15) is 18.1 Å². The van der Waals surface area contributed by atoms with E-state index in [2.05, 4.69) is 39.5 Å². The van der Waals surface area contributed by atoms with E-state index in [1.807, 2.05) is 30.9 Å². The predicted molar refractivity (Wildman–Crippen MR) is 132 cm³/mol. The number of hydrogen-bond donors (Lipinski definition) is 1. The minimum Gasteiger partial charge on any atom is -0.492 e. The molecule has 3 heterocycles. The van der Waals surface area contributed by atoms with Crippen molar-refractivity contribution in [1.29, 1.82) is 0 Å². The first-order valence-corrected chi connectivity index (χ1v) is 12.5. The van der Waals surface area contributed by atoms with Gasteiger partial charge >= 0.3 is 0 Å². The van der Waals surface area contributed by atoms with E-state index in [1.165, 1.54) is 5.56 Å². The molecule has 9 nitrogen and oxygen atoms in total. The van der Waals surface area contributed by atoms with Crippen molar-refractivity contribution in [2.45, 2.75) is 45.7 Å². The van der Waals surface area contributed by atoms with Gasteiger partial charge < -0.3 is 24.4 Å². The number of likely N-dealkylation sites (N-methyl/N-ethyl adjacent to an activating group) is 1. The first-order chi connectivity index (χ1) is 16.9. The van der Waals surface area contributed by atoms with E-state index in [9.17, 15) is 9.59 Å². The maximum atomic E-state index is 12.7. The Labute approximate surface area is 207 Å². The number of aryl methyl sites for hydroxylation is 2. The van der Waals surface area contributed by atoms with Crippen LogP contribution in [0.15, 0.2) is 28.8 Å². The highest BCUT2D eigenvalue weighted by atomic mass is 16.5. The van der Waals surface area contributed by atoms with Gasteiger partial charge in [0.05, 0.1) is 12.1 Å². The van der Waals surface area contributed by atoms with Crippen molar-refractivity contribution in [3.05, 3.63) is 46.8 Å². The summed E-state index contributed by atoms with van der Waals surface area (Å²) >= 11 is 0. The highest BCUT2D eigenvalue weighted by Crippen LogP contribution is 2.17. The number of hydrogen-bond acceptors (Lipinski definition) is 7. The van der Waals surface area contributed by atoms with Gasteiger partial charge in [-0.1, -0.05) is 17.3 Å². The van der Waals surface area contributed by atoms with Gasteiger partial charge in [-0.05, 0) is 45.0 Å². The molecule has 2 fully saturated rings. The van der Waals surface area contributed by atoms with Crippen molar-refractivity contribution in [2.24, 2.45) is 0 Å². The quantitative estimate of drug-likeness (QED) is 0.551. The van der Waals surface area contributed by atoms with Gasteiger partial charge in [0.25, 0.3) is 0 Å². The second-order valence-corrected chi connectivity index (χ2v) is 9.70. The van der Waals surface area contributed by atoms with Crippen LogP contribution in [0, 0.1) is 13.8 Å². The fourth-order valence-corrected chi connectivity index (χ4v) is 4.83. The molecule has 1 aromatic carbocycles. The average molecular weight is 484 g/mol. The fourth-order valence-electron chi connectivity index (χ4n) is 4.83. The van der Waals surface area contributed by atoms with Crippen LogP contribution in [0.25, 0.3) is 0 Å².